The molecule has 3 nitrogen and oxygen atoms in total. The normalized spacial score (nSPS) is 18.2. The van der Waals surface area contributed by atoms with Crippen LogP contribution in [-0.4, -0.2) is 15.6 Å². The number of rotatable bonds is 4. The van der Waals surface area contributed by atoms with Crippen molar-refractivity contribution in [3.05, 3.63) is 18.2 Å². The van der Waals surface area contributed by atoms with Crippen LogP contribution < -0.4 is 5.32 Å². The summed E-state index contributed by atoms with van der Waals surface area (Å²) in [5, 5.41) is 3.64. The maximum atomic E-state index is 4.18. The highest BCUT2D eigenvalue weighted by Gasteiger charge is 2.12. The third kappa shape index (κ3) is 2.81. The van der Waals surface area contributed by atoms with Crippen molar-refractivity contribution in [2.45, 2.75) is 58.2 Å². The number of hydrogen-bond donors (Lipinski definition) is 1. The van der Waals surface area contributed by atoms with E-state index in [2.05, 4.69) is 21.8 Å². The van der Waals surface area contributed by atoms with Crippen molar-refractivity contribution in [2.75, 3.05) is 0 Å². The van der Waals surface area contributed by atoms with Gasteiger partial charge in [-0.2, -0.15) is 0 Å². The Bertz CT molecular complexity index is 287. The number of nitrogens with one attached hydrogen (secondary N) is 1. The first kappa shape index (κ1) is 10.7. The Morgan fingerprint density at radius 1 is 1.40 bits per heavy atom. The van der Waals surface area contributed by atoms with E-state index in [1.807, 2.05) is 12.5 Å². The van der Waals surface area contributed by atoms with Crippen molar-refractivity contribution in [3.63, 3.8) is 0 Å². The minimum atomic E-state index is 0.735. The lowest BCUT2D eigenvalue weighted by Gasteiger charge is -2.22. The molecule has 0 radical (unpaired) electrons. The van der Waals surface area contributed by atoms with Crippen molar-refractivity contribution in [1.29, 1.82) is 0 Å². The van der Waals surface area contributed by atoms with Crippen molar-refractivity contribution in [2.24, 2.45) is 0 Å². The summed E-state index contributed by atoms with van der Waals surface area (Å²) in [5.74, 6) is 0. The number of nitrogens with zero attached hydrogens (tertiary/aromatic N) is 2. The zero-order valence-corrected chi connectivity index (χ0v) is 9.58. The number of aromatic nitrogens is 2. The Balaban J connectivity index is 1.81. The molecule has 0 atom stereocenters. The fourth-order valence-corrected chi connectivity index (χ4v) is 2.34. The van der Waals surface area contributed by atoms with Gasteiger partial charge in [0.1, 0.15) is 0 Å². The van der Waals surface area contributed by atoms with Crippen molar-refractivity contribution in [1.82, 2.24) is 14.9 Å². The van der Waals surface area contributed by atoms with Crippen LogP contribution >= 0.6 is 0 Å². The van der Waals surface area contributed by atoms with Gasteiger partial charge in [-0.25, -0.2) is 4.98 Å². The van der Waals surface area contributed by atoms with E-state index < -0.39 is 0 Å². The second-order valence-electron chi connectivity index (χ2n) is 4.39. The molecule has 1 aliphatic rings. The molecule has 0 unspecified atom stereocenters. The minimum Gasteiger partial charge on any atom is -0.334 e. The first-order chi connectivity index (χ1) is 7.40. The summed E-state index contributed by atoms with van der Waals surface area (Å²) in [4.78, 5) is 4.18. The first-order valence-corrected chi connectivity index (χ1v) is 6.12. The molecule has 1 N–H and O–H groups in total. The van der Waals surface area contributed by atoms with Crippen LogP contribution in [0.15, 0.2) is 12.5 Å². The SMILES string of the molecule is CCn1cncc1CNC1CCCCC1. The molecule has 0 bridgehead atoms. The van der Waals surface area contributed by atoms with Crippen molar-refractivity contribution >= 4 is 0 Å². The van der Waals surface area contributed by atoms with E-state index in [1.165, 1.54) is 37.8 Å². The smallest absolute Gasteiger partial charge is 0.0948 e. The van der Waals surface area contributed by atoms with Gasteiger partial charge < -0.3 is 9.88 Å². The second kappa shape index (κ2) is 5.31. The van der Waals surface area contributed by atoms with Gasteiger partial charge in [0, 0.05) is 25.3 Å². The predicted molar refractivity (Wildman–Crippen MR) is 61.6 cm³/mol. The van der Waals surface area contributed by atoms with Gasteiger partial charge in [0.15, 0.2) is 0 Å². The van der Waals surface area contributed by atoms with Crippen LogP contribution in [0.5, 0.6) is 0 Å². The van der Waals surface area contributed by atoms with Crippen LogP contribution in [0.4, 0.5) is 0 Å². The van der Waals surface area contributed by atoms with Gasteiger partial charge in [-0.15, -0.1) is 0 Å². The lowest BCUT2D eigenvalue weighted by molar-refractivity contribution is 0.369. The van der Waals surface area contributed by atoms with Crippen LogP contribution in [-0.2, 0) is 13.1 Å². The molecular formula is C12H21N3. The summed E-state index contributed by atoms with van der Waals surface area (Å²) in [6, 6.07) is 0.735. The van der Waals surface area contributed by atoms with E-state index in [0.717, 1.165) is 19.1 Å². The standard InChI is InChI=1S/C12H21N3/c1-2-15-10-13-8-12(15)9-14-11-6-4-3-5-7-11/h8,10-11,14H,2-7,9H2,1H3. The lowest BCUT2D eigenvalue weighted by Crippen LogP contribution is -2.31. The Hall–Kier alpha value is -0.830. The third-order valence-electron chi connectivity index (χ3n) is 3.32. The molecule has 1 aromatic heterocycles. The maximum Gasteiger partial charge on any atom is 0.0948 e. The molecule has 0 saturated heterocycles. The van der Waals surface area contributed by atoms with Crippen LogP contribution in [0.2, 0.25) is 0 Å². The van der Waals surface area contributed by atoms with E-state index in [4.69, 9.17) is 0 Å². The second-order valence-corrected chi connectivity index (χ2v) is 4.39. The van der Waals surface area contributed by atoms with Gasteiger partial charge in [-0.3, -0.25) is 0 Å². The number of hydrogen-bond acceptors (Lipinski definition) is 2. The van der Waals surface area contributed by atoms with Crippen LogP contribution in [0.25, 0.3) is 0 Å². The highest BCUT2D eigenvalue weighted by Crippen LogP contribution is 2.17. The van der Waals surface area contributed by atoms with Crippen LogP contribution in [0, 0.1) is 0 Å². The molecule has 84 valence electrons. The third-order valence-corrected chi connectivity index (χ3v) is 3.32. The molecule has 3 heteroatoms. The Labute approximate surface area is 91.9 Å². The zero-order chi connectivity index (χ0) is 10.5. The quantitative estimate of drug-likeness (QED) is 0.821. The molecular weight excluding hydrogens is 186 g/mol. The van der Waals surface area contributed by atoms with Crippen molar-refractivity contribution < 1.29 is 0 Å². The molecule has 0 amide bonds. The van der Waals surface area contributed by atoms with E-state index >= 15 is 0 Å². The maximum absolute atomic E-state index is 4.18. The van der Waals surface area contributed by atoms with Gasteiger partial charge in [0.25, 0.3) is 0 Å². The minimum absolute atomic E-state index is 0.735. The number of aryl methyl sites for hydroxylation is 1. The molecule has 0 aliphatic heterocycles. The Morgan fingerprint density at radius 2 is 2.20 bits per heavy atom. The molecule has 0 spiro atoms. The molecule has 0 aromatic carbocycles. The monoisotopic (exact) mass is 207 g/mol. The number of imidazole rings is 1. The molecule has 1 saturated carbocycles. The Morgan fingerprint density at radius 3 is 2.93 bits per heavy atom. The van der Waals surface area contributed by atoms with Crippen LogP contribution in [0.1, 0.15) is 44.7 Å². The fraction of sp³-hybridized carbons (Fsp3) is 0.750. The van der Waals surface area contributed by atoms with E-state index in [0.29, 0.717) is 0 Å². The summed E-state index contributed by atoms with van der Waals surface area (Å²) in [6.45, 7) is 4.14. The van der Waals surface area contributed by atoms with E-state index in [9.17, 15) is 0 Å². The van der Waals surface area contributed by atoms with Gasteiger partial charge in [-0.05, 0) is 19.8 Å². The van der Waals surface area contributed by atoms with Crippen molar-refractivity contribution in [3.8, 4) is 0 Å². The summed E-state index contributed by atoms with van der Waals surface area (Å²) in [6.07, 6.45) is 10.8. The summed E-state index contributed by atoms with van der Waals surface area (Å²) < 4.78 is 2.20. The van der Waals surface area contributed by atoms with E-state index in [-0.39, 0.29) is 0 Å². The Kier molecular flexibility index (Phi) is 3.78. The predicted octanol–water partition coefficient (Wildman–Crippen LogP) is 2.33. The molecule has 15 heavy (non-hydrogen) atoms. The van der Waals surface area contributed by atoms with Crippen LogP contribution in [0.3, 0.4) is 0 Å². The fourth-order valence-electron chi connectivity index (χ4n) is 2.34. The largest absolute Gasteiger partial charge is 0.334 e. The lowest BCUT2D eigenvalue weighted by atomic mass is 9.95. The highest BCUT2D eigenvalue weighted by molar-refractivity contribution is 4.98. The molecule has 1 heterocycles. The first-order valence-electron chi connectivity index (χ1n) is 6.12. The summed E-state index contributed by atoms with van der Waals surface area (Å²) >= 11 is 0. The van der Waals surface area contributed by atoms with Gasteiger partial charge in [-0.1, -0.05) is 19.3 Å². The average Bonchev–Trinajstić information content (AvgIpc) is 2.75. The molecule has 1 aliphatic carbocycles. The van der Waals surface area contributed by atoms with Gasteiger partial charge >= 0.3 is 0 Å². The highest BCUT2D eigenvalue weighted by atomic mass is 15.1. The zero-order valence-electron chi connectivity index (χ0n) is 9.58. The topological polar surface area (TPSA) is 29.9 Å². The molecule has 1 aromatic rings. The van der Waals surface area contributed by atoms with Gasteiger partial charge in [0.2, 0.25) is 0 Å². The molecule has 1 fully saturated rings. The summed E-state index contributed by atoms with van der Waals surface area (Å²) in [5.41, 5.74) is 1.31. The van der Waals surface area contributed by atoms with Gasteiger partial charge in [0.05, 0.1) is 12.0 Å². The molecule has 2 rings (SSSR count). The summed E-state index contributed by atoms with van der Waals surface area (Å²) in [7, 11) is 0. The van der Waals surface area contributed by atoms with E-state index in [1.54, 1.807) is 0 Å². The average molecular weight is 207 g/mol.